The van der Waals surface area contributed by atoms with E-state index >= 15 is 0 Å². The van der Waals surface area contributed by atoms with Gasteiger partial charge in [0.2, 0.25) is 0 Å². The van der Waals surface area contributed by atoms with Crippen LogP contribution in [0.4, 0.5) is 5.69 Å². The molecule has 0 spiro atoms. The summed E-state index contributed by atoms with van der Waals surface area (Å²) < 4.78 is 5.38. The van der Waals surface area contributed by atoms with Crippen molar-refractivity contribution in [3.8, 4) is 5.75 Å². The number of rotatable bonds is 6. The van der Waals surface area contributed by atoms with Crippen LogP contribution in [0.2, 0.25) is 0 Å². The van der Waals surface area contributed by atoms with Crippen molar-refractivity contribution in [2.45, 2.75) is 4.90 Å². The highest BCUT2D eigenvalue weighted by molar-refractivity contribution is 7.99. The molecule has 19 heavy (non-hydrogen) atoms. The molecule has 0 unspecified atom stereocenters. The zero-order valence-electron chi connectivity index (χ0n) is 11.4. The molecule has 100 valence electrons. The molecule has 0 saturated carbocycles. The fourth-order valence-electron chi connectivity index (χ4n) is 1.88. The fraction of sp³-hybridized carbons (Fsp3) is 0.250. The van der Waals surface area contributed by atoms with Crippen molar-refractivity contribution in [3.05, 3.63) is 54.6 Å². The first-order chi connectivity index (χ1) is 9.31. The third kappa shape index (κ3) is 3.93. The number of hydrogen-bond acceptors (Lipinski definition) is 3. The summed E-state index contributed by atoms with van der Waals surface area (Å²) in [4.78, 5) is 3.55. The minimum Gasteiger partial charge on any atom is -0.495 e. The van der Waals surface area contributed by atoms with Gasteiger partial charge in [0, 0.05) is 24.2 Å². The molecule has 0 N–H and O–H groups in total. The van der Waals surface area contributed by atoms with Crippen molar-refractivity contribution in [1.82, 2.24) is 0 Å². The summed E-state index contributed by atoms with van der Waals surface area (Å²) in [6, 6.07) is 18.6. The van der Waals surface area contributed by atoms with E-state index in [-0.39, 0.29) is 0 Å². The Morgan fingerprint density at radius 1 is 1.00 bits per heavy atom. The summed E-state index contributed by atoms with van der Waals surface area (Å²) in [5.74, 6) is 1.98. The average molecular weight is 273 g/mol. The van der Waals surface area contributed by atoms with Gasteiger partial charge in [0.05, 0.1) is 12.8 Å². The van der Waals surface area contributed by atoms with Gasteiger partial charge in [-0.2, -0.15) is 0 Å². The minimum atomic E-state index is 0.926. The van der Waals surface area contributed by atoms with Crippen molar-refractivity contribution in [1.29, 1.82) is 0 Å². The maximum Gasteiger partial charge on any atom is 0.142 e. The van der Waals surface area contributed by atoms with Gasteiger partial charge in [0.25, 0.3) is 0 Å². The predicted octanol–water partition coefficient (Wildman–Crippen LogP) is 3.92. The highest BCUT2D eigenvalue weighted by Crippen LogP contribution is 2.27. The lowest BCUT2D eigenvalue weighted by Gasteiger charge is -2.21. The van der Waals surface area contributed by atoms with E-state index in [1.165, 1.54) is 4.90 Å². The zero-order chi connectivity index (χ0) is 13.5. The van der Waals surface area contributed by atoms with E-state index in [9.17, 15) is 0 Å². The number of para-hydroxylation sites is 2. The standard InChI is InChI=1S/C16H19NOS/c1-17(15-10-6-7-11-16(15)18-2)12-13-19-14-8-4-3-5-9-14/h3-11H,12-13H2,1-2H3. The molecule has 2 rings (SSSR count). The summed E-state index contributed by atoms with van der Waals surface area (Å²) in [6.45, 7) is 0.986. The van der Waals surface area contributed by atoms with E-state index in [2.05, 4.69) is 42.3 Å². The number of hydrogen-bond donors (Lipinski definition) is 0. The number of ether oxygens (including phenoxy) is 1. The van der Waals surface area contributed by atoms with Gasteiger partial charge in [0.1, 0.15) is 5.75 Å². The molecular weight excluding hydrogens is 254 g/mol. The van der Waals surface area contributed by atoms with Gasteiger partial charge < -0.3 is 9.64 Å². The Balaban J connectivity index is 1.89. The Hall–Kier alpha value is -1.61. The topological polar surface area (TPSA) is 12.5 Å². The first kappa shape index (κ1) is 13.8. The molecule has 2 aromatic rings. The normalized spacial score (nSPS) is 10.2. The molecule has 0 aliphatic heterocycles. The number of anilines is 1. The third-order valence-electron chi connectivity index (χ3n) is 2.94. The molecule has 0 saturated heterocycles. The second-order valence-electron chi connectivity index (χ2n) is 4.25. The summed E-state index contributed by atoms with van der Waals surface area (Å²) >= 11 is 1.87. The lowest BCUT2D eigenvalue weighted by atomic mass is 10.2. The van der Waals surface area contributed by atoms with Crippen molar-refractivity contribution < 1.29 is 4.74 Å². The molecule has 0 aliphatic carbocycles. The maximum absolute atomic E-state index is 5.38. The van der Waals surface area contributed by atoms with E-state index in [0.29, 0.717) is 0 Å². The molecule has 2 aromatic carbocycles. The summed E-state index contributed by atoms with van der Waals surface area (Å²) in [6.07, 6.45) is 0. The first-order valence-electron chi connectivity index (χ1n) is 6.33. The molecule has 0 aliphatic rings. The van der Waals surface area contributed by atoms with Crippen LogP contribution in [0.5, 0.6) is 5.75 Å². The van der Waals surface area contributed by atoms with Gasteiger partial charge in [-0.25, -0.2) is 0 Å². The predicted molar refractivity (Wildman–Crippen MR) is 83.4 cm³/mol. The summed E-state index contributed by atoms with van der Waals surface area (Å²) in [5.41, 5.74) is 1.14. The number of nitrogens with zero attached hydrogens (tertiary/aromatic N) is 1. The Labute approximate surface area is 119 Å². The third-order valence-corrected chi connectivity index (χ3v) is 3.93. The number of benzene rings is 2. The molecule has 0 amide bonds. The van der Waals surface area contributed by atoms with Gasteiger partial charge in [-0.15, -0.1) is 11.8 Å². The van der Waals surface area contributed by atoms with Crippen LogP contribution in [0, 0.1) is 0 Å². The van der Waals surface area contributed by atoms with Crippen LogP contribution >= 0.6 is 11.8 Å². The lowest BCUT2D eigenvalue weighted by Crippen LogP contribution is -2.20. The molecule has 0 heterocycles. The summed E-state index contributed by atoms with van der Waals surface area (Å²) in [5, 5.41) is 0. The van der Waals surface area contributed by atoms with Crippen LogP contribution in [0.3, 0.4) is 0 Å². The van der Waals surface area contributed by atoms with Crippen LogP contribution in [-0.2, 0) is 0 Å². The highest BCUT2D eigenvalue weighted by Gasteiger charge is 2.06. The first-order valence-corrected chi connectivity index (χ1v) is 7.32. The lowest BCUT2D eigenvalue weighted by molar-refractivity contribution is 0.415. The Morgan fingerprint density at radius 3 is 2.42 bits per heavy atom. The minimum absolute atomic E-state index is 0.926. The van der Waals surface area contributed by atoms with Gasteiger partial charge in [0.15, 0.2) is 0 Å². The van der Waals surface area contributed by atoms with E-state index in [0.717, 1.165) is 23.7 Å². The number of thioether (sulfide) groups is 1. The molecule has 0 fully saturated rings. The maximum atomic E-state index is 5.38. The molecule has 0 bridgehead atoms. The van der Waals surface area contributed by atoms with Crippen LogP contribution in [0.1, 0.15) is 0 Å². The van der Waals surface area contributed by atoms with E-state index < -0.39 is 0 Å². The van der Waals surface area contributed by atoms with E-state index in [4.69, 9.17) is 4.74 Å². The van der Waals surface area contributed by atoms with Crippen LogP contribution in [-0.4, -0.2) is 26.5 Å². The van der Waals surface area contributed by atoms with Crippen molar-refractivity contribution >= 4 is 17.4 Å². The second kappa shape index (κ2) is 7.10. The molecule has 0 aromatic heterocycles. The fourth-order valence-corrected chi connectivity index (χ4v) is 2.83. The van der Waals surface area contributed by atoms with Gasteiger partial charge in [-0.3, -0.25) is 0 Å². The van der Waals surface area contributed by atoms with Crippen molar-refractivity contribution in [3.63, 3.8) is 0 Å². The van der Waals surface area contributed by atoms with E-state index in [1.807, 2.05) is 36.0 Å². The van der Waals surface area contributed by atoms with Crippen LogP contribution in [0.15, 0.2) is 59.5 Å². The average Bonchev–Trinajstić information content (AvgIpc) is 2.48. The molecule has 0 atom stereocenters. The van der Waals surface area contributed by atoms with Crippen LogP contribution < -0.4 is 9.64 Å². The molecule has 2 nitrogen and oxygen atoms in total. The SMILES string of the molecule is COc1ccccc1N(C)CCSc1ccccc1. The number of methoxy groups -OCH3 is 1. The second-order valence-corrected chi connectivity index (χ2v) is 5.42. The summed E-state index contributed by atoms with van der Waals surface area (Å²) in [7, 11) is 3.81. The van der Waals surface area contributed by atoms with Gasteiger partial charge >= 0.3 is 0 Å². The van der Waals surface area contributed by atoms with Crippen molar-refractivity contribution in [2.24, 2.45) is 0 Å². The molecule has 0 radical (unpaired) electrons. The Bertz CT molecular complexity index is 501. The Kier molecular flexibility index (Phi) is 5.16. The molecular formula is C16H19NOS. The smallest absolute Gasteiger partial charge is 0.142 e. The molecule has 3 heteroatoms. The highest BCUT2D eigenvalue weighted by atomic mass is 32.2. The monoisotopic (exact) mass is 273 g/mol. The van der Waals surface area contributed by atoms with Crippen molar-refractivity contribution in [2.75, 3.05) is 31.4 Å². The zero-order valence-corrected chi connectivity index (χ0v) is 12.2. The van der Waals surface area contributed by atoms with Crippen LogP contribution in [0.25, 0.3) is 0 Å². The largest absolute Gasteiger partial charge is 0.495 e. The van der Waals surface area contributed by atoms with E-state index in [1.54, 1.807) is 7.11 Å². The van der Waals surface area contributed by atoms with Gasteiger partial charge in [-0.1, -0.05) is 30.3 Å². The van der Waals surface area contributed by atoms with Gasteiger partial charge in [-0.05, 0) is 24.3 Å². The Morgan fingerprint density at radius 2 is 1.68 bits per heavy atom. The quantitative estimate of drug-likeness (QED) is 0.740.